The highest BCUT2D eigenvalue weighted by Crippen LogP contribution is 2.27. The van der Waals surface area contributed by atoms with Crippen LogP contribution in [0.3, 0.4) is 0 Å². The fraction of sp³-hybridized carbons (Fsp3) is 0.538. The van der Waals surface area contributed by atoms with Crippen molar-refractivity contribution in [3.8, 4) is 0 Å². The van der Waals surface area contributed by atoms with E-state index in [1.54, 1.807) is 6.20 Å². The maximum absolute atomic E-state index is 10.8. The monoisotopic (exact) mass is 234 g/mol. The lowest BCUT2D eigenvalue weighted by atomic mass is 9.86. The highest BCUT2D eigenvalue weighted by molar-refractivity contribution is 5.70. The van der Waals surface area contributed by atoms with E-state index in [1.165, 1.54) is 5.56 Å². The van der Waals surface area contributed by atoms with Crippen LogP contribution in [0.1, 0.15) is 31.2 Å². The smallest absolute Gasteiger partial charge is 0.306 e. The molecule has 0 spiro atoms. The van der Waals surface area contributed by atoms with E-state index in [0.29, 0.717) is 6.04 Å². The summed E-state index contributed by atoms with van der Waals surface area (Å²) in [6, 6.07) is 2.36. The average Bonchev–Trinajstić information content (AvgIpc) is 2.33. The second-order valence-corrected chi connectivity index (χ2v) is 4.72. The van der Waals surface area contributed by atoms with Crippen molar-refractivity contribution in [2.24, 2.45) is 5.92 Å². The van der Waals surface area contributed by atoms with Gasteiger partial charge < -0.3 is 10.4 Å². The number of hydrogen-bond donors (Lipinski definition) is 2. The molecule has 1 aromatic heterocycles. The molecule has 1 fully saturated rings. The van der Waals surface area contributed by atoms with Crippen molar-refractivity contribution in [3.63, 3.8) is 0 Å². The molecule has 17 heavy (non-hydrogen) atoms. The first-order chi connectivity index (χ1) is 8.16. The molecule has 0 bridgehead atoms. The van der Waals surface area contributed by atoms with Gasteiger partial charge in [-0.2, -0.15) is 0 Å². The van der Waals surface area contributed by atoms with Crippen molar-refractivity contribution in [2.45, 2.75) is 38.6 Å². The lowest BCUT2D eigenvalue weighted by Crippen LogP contribution is -2.29. The summed E-state index contributed by atoms with van der Waals surface area (Å²) in [5.74, 6) is -0.802. The van der Waals surface area contributed by atoms with Crippen molar-refractivity contribution in [1.29, 1.82) is 0 Å². The van der Waals surface area contributed by atoms with Gasteiger partial charge in [-0.3, -0.25) is 9.78 Å². The Morgan fingerprint density at radius 3 is 2.71 bits per heavy atom. The Morgan fingerprint density at radius 2 is 2.12 bits per heavy atom. The Balaban J connectivity index is 1.90. The van der Waals surface area contributed by atoms with Crippen molar-refractivity contribution in [1.82, 2.24) is 4.98 Å². The Morgan fingerprint density at radius 1 is 1.41 bits per heavy atom. The molecule has 0 aliphatic heterocycles. The minimum Gasteiger partial charge on any atom is -0.481 e. The molecule has 4 heteroatoms. The zero-order valence-corrected chi connectivity index (χ0v) is 10.0. The number of nitrogens with zero attached hydrogens (tertiary/aromatic N) is 1. The van der Waals surface area contributed by atoms with Gasteiger partial charge in [0, 0.05) is 12.2 Å². The number of aryl methyl sites for hydroxylation is 1. The molecule has 0 amide bonds. The molecule has 0 unspecified atom stereocenters. The number of nitrogens with one attached hydrogen (secondary N) is 1. The van der Waals surface area contributed by atoms with Crippen LogP contribution in [-0.2, 0) is 4.79 Å². The lowest BCUT2D eigenvalue weighted by Gasteiger charge is -2.28. The second-order valence-electron chi connectivity index (χ2n) is 4.72. The zero-order valence-electron chi connectivity index (χ0n) is 10.0. The van der Waals surface area contributed by atoms with E-state index in [2.05, 4.69) is 10.3 Å². The predicted molar refractivity (Wildman–Crippen MR) is 66.0 cm³/mol. The summed E-state index contributed by atoms with van der Waals surface area (Å²) < 4.78 is 0. The van der Waals surface area contributed by atoms with E-state index in [-0.39, 0.29) is 5.92 Å². The van der Waals surface area contributed by atoms with Crippen molar-refractivity contribution < 1.29 is 9.90 Å². The Kier molecular flexibility index (Phi) is 3.61. The highest BCUT2D eigenvalue weighted by Gasteiger charge is 2.25. The maximum Gasteiger partial charge on any atom is 0.306 e. The molecule has 1 aliphatic rings. The first-order valence-electron chi connectivity index (χ1n) is 6.07. The summed E-state index contributed by atoms with van der Waals surface area (Å²) in [6.07, 6.45) is 7.00. The van der Waals surface area contributed by atoms with E-state index < -0.39 is 5.97 Å². The van der Waals surface area contributed by atoms with Gasteiger partial charge in [0.15, 0.2) is 0 Å². The minimum absolute atomic E-state index is 0.150. The van der Waals surface area contributed by atoms with Gasteiger partial charge in [-0.25, -0.2) is 0 Å². The molecule has 0 saturated heterocycles. The maximum atomic E-state index is 10.8. The molecule has 1 aliphatic carbocycles. The lowest BCUT2D eigenvalue weighted by molar-refractivity contribution is -0.142. The fourth-order valence-electron chi connectivity index (χ4n) is 2.32. The van der Waals surface area contributed by atoms with E-state index in [1.807, 2.05) is 19.2 Å². The van der Waals surface area contributed by atoms with Crippen LogP contribution in [0.15, 0.2) is 18.5 Å². The van der Waals surface area contributed by atoms with Gasteiger partial charge in [-0.05, 0) is 44.2 Å². The predicted octanol–water partition coefficient (Wildman–Crippen LogP) is 2.45. The second kappa shape index (κ2) is 5.17. The first-order valence-corrected chi connectivity index (χ1v) is 6.07. The summed E-state index contributed by atoms with van der Waals surface area (Å²) in [7, 11) is 0. The largest absolute Gasteiger partial charge is 0.481 e. The molecule has 2 rings (SSSR count). The zero-order chi connectivity index (χ0) is 12.3. The quantitative estimate of drug-likeness (QED) is 0.843. The highest BCUT2D eigenvalue weighted by atomic mass is 16.4. The summed E-state index contributed by atoms with van der Waals surface area (Å²) in [5.41, 5.74) is 2.24. The SMILES string of the molecule is Cc1ccncc1NC1CCC(C(=O)O)CC1. The number of aromatic nitrogens is 1. The molecular weight excluding hydrogens is 216 g/mol. The van der Waals surface area contributed by atoms with Crippen molar-refractivity contribution >= 4 is 11.7 Å². The molecule has 2 N–H and O–H groups in total. The molecule has 0 radical (unpaired) electrons. The van der Waals surface area contributed by atoms with Gasteiger partial charge in [0.1, 0.15) is 0 Å². The van der Waals surface area contributed by atoms with Crippen LogP contribution in [-0.4, -0.2) is 22.1 Å². The Bertz CT molecular complexity index is 398. The number of anilines is 1. The summed E-state index contributed by atoms with van der Waals surface area (Å²) in [5, 5.41) is 12.4. The molecule has 0 atom stereocenters. The van der Waals surface area contributed by atoms with E-state index in [0.717, 1.165) is 31.4 Å². The van der Waals surface area contributed by atoms with Gasteiger partial charge in [-0.15, -0.1) is 0 Å². The standard InChI is InChI=1S/C13H18N2O2/c1-9-6-7-14-8-12(9)15-11-4-2-10(3-5-11)13(16)17/h6-8,10-11,15H,2-5H2,1H3,(H,16,17). The average molecular weight is 234 g/mol. The summed E-state index contributed by atoms with van der Waals surface area (Å²) >= 11 is 0. The summed E-state index contributed by atoms with van der Waals surface area (Å²) in [4.78, 5) is 14.9. The summed E-state index contributed by atoms with van der Waals surface area (Å²) in [6.45, 7) is 2.05. The molecule has 92 valence electrons. The number of carboxylic acid groups (broad SMARTS) is 1. The van der Waals surface area contributed by atoms with E-state index >= 15 is 0 Å². The number of rotatable bonds is 3. The van der Waals surface area contributed by atoms with Crippen LogP contribution in [0.5, 0.6) is 0 Å². The molecule has 1 aromatic rings. The van der Waals surface area contributed by atoms with Gasteiger partial charge in [0.05, 0.1) is 17.8 Å². The van der Waals surface area contributed by atoms with Crippen LogP contribution >= 0.6 is 0 Å². The van der Waals surface area contributed by atoms with Crippen molar-refractivity contribution in [2.75, 3.05) is 5.32 Å². The minimum atomic E-state index is -0.652. The number of aliphatic carboxylic acids is 1. The van der Waals surface area contributed by atoms with Gasteiger partial charge in [-0.1, -0.05) is 0 Å². The van der Waals surface area contributed by atoms with E-state index in [9.17, 15) is 4.79 Å². The first kappa shape index (κ1) is 11.9. The van der Waals surface area contributed by atoms with Crippen LogP contribution < -0.4 is 5.32 Å². The topological polar surface area (TPSA) is 62.2 Å². The third-order valence-corrected chi connectivity index (χ3v) is 3.48. The molecule has 4 nitrogen and oxygen atoms in total. The third kappa shape index (κ3) is 2.96. The Labute approximate surface area is 101 Å². The number of carboxylic acids is 1. The normalized spacial score (nSPS) is 24.3. The van der Waals surface area contributed by atoms with Gasteiger partial charge >= 0.3 is 5.97 Å². The van der Waals surface area contributed by atoms with Gasteiger partial charge in [0.25, 0.3) is 0 Å². The Hall–Kier alpha value is -1.58. The van der Waals surface area contributed by atoms with E-state index in [4.69, 9.17) is 5.11 Å². The fourth-order valence-corrected chi connectivity index (χ4v) is 2.32. The number of pyridine rings is 1. The molecule has 0 aromatic carbocycles. The molecule has 1 saturated carbocycles. The molecular formula is C13H18N2O2. The van der Waals surface area contributed by atoms with Gasteiger partial charge in [0.2, 0.25) is 0 Å². The van der Waals surface area contributed by atoms with Crippen LogP contribution in [0.4, 0.5) is 5.69 Å². The van der Waals surface area contributed by atoms with Crippen molar-refractivity contribution in [3.05, 3.63) is 24.0 Å². The molecule has 1 heterocycles. The van der Waals surface area contributed by atoms with Crippen LogP contribution in [0, 0.1) is 12.8 Å². The third-order valence-electron chi connectivity index (χ3n) is 3.48. The number of hydrogen-bond acceptors (Lipinski definition) is 3. The number of carbonyl (C=O) groups is 1. The van der Waals surface area contributed by atoms with Crippen LogP contribution in [0.25, 0.3) is 0 Å². The van der Waals surface area contributed by atoms with Crippen LogP contribution in [0.2, 0.25) is 0 Å².